The molecule has 1 rings (SSSR count). The number of rotatable bonds is 7. The van der Waals surface area contributed by atoms with E-state index in [1.807, 2.05) is 0 Å². The molecule has 1 aromatic heterocycles. The highest BCUT2D eigenvalue weighted by Crippen LogP contribution is 2.19. The molecule has 3 heteroatoms. The molecule has 1 heterocycles. The number of nitrogens with zero attached hydrogens (tertiary/aromatic N) is 2. The number of hydrogen-bond donors (Lipinski definition) is 1. The first kappa shape index (κ1) is 16.0. The molecule has 0 aliphatic carbocycles. The SMILES string of the molecule is CCN(C)c1cc(CNCC(C)C)cc(C(C)C)n1. The van der Waals surface area contributed by atoms with Crippen LogP contribution in [0.2, 0.25) is 0 Å². The lowest BCUT2D eigenvalue weighted by Gasteiger charge is -2.19. The number of pyridine rings is 1. The molecule has 3 nitrogen and oxygen atoms in total. The summed E-state index contributed by atoms with van der Waals surface area (Å²) >= 11 is 0. The summed E-state index contributed by atoms with van der Waals surface area (Å²) in [5.41, 5.74) is 2.51. The van der Waals surface area contributed by atoms with E-state index in [0.717, 1.165) is 25.5 Å². The molecule has 0 aliphatic rings. The minimum Gasteiger partial charge on any atom is -0.360 e. The molecule has 1 aromatic rings. The Balaban J connectivity index is 2.87. The van der Waals surface area contributed by atoms with E-state index in [2.05, 4.69) is 64.0 Å². The van der Waals surface area contributed by atoms with Gasteiger partial charge in [-0.2, -0.15) is 0 Å². The van der Waals surface area contributed by atoms with Crippen LogP contribution in [-0.4, -0.2) is 25.1 Å². The first-order valence-corrected chi connectivity index (χ1v) is 7.36. The lowest BCUT2D eigenvalue weighted by atomic mass is 10.1. The number of nitrogens with one attached hydrogen (secondary N) is 1. The van der Waals surface area contributed by atoms with E-state index < -0.39 is 0 Å². The second-order valence-corrected chi connectivity index (χ2v) is 5.95. The van der Waals surface area contributed by atoms with Crippen LogP contribution in [0.4, 0.5) is 5.82 Å². The van der Waals surface area contributed by atoms with Crippen LogP contribution in [0.15, 0.2) is 12.1 Å². The van der Waals surface area contributed by atoms with Gasteiger partial charge in [-0.1, -0.05) is 27.7 Å². The van der Waals surface area contributed by atoms with Gasteiger partial charge >= 0.3 is 0 Å². The fourth-order valence-electron chi connectivity index (χ4n) is 1.85. The van der Waals surface area contributed by atoms with Gasteiger partial charge in [0, 0.05) is 25.8 Å². The average Bonchev–Trinajstić information content (AvgIpc) is 2.37. The molecule has 1 N–H and O–H groups in total. The summed E-state index contributed by atoms with van der Waals surface area (Å²) in [4.78, 5) is 6.94. The first-order valence-electron chi connectivity index (χ1n) is 7.36. The molecule has 0 aliphatic heterocycles. The van der Waals surface area contributed by atoms with Gasteiger partial charge in [-0.3, -0.25) is 0 Å². The Labute approximate surface area is 118 Å². The zero-order valence-electron chi connectivity index (χ0n) is 13.3. The molecule has 0 saturated carbocycles. The third-order valence-electron chi connectivity index (χ3n) is 3.23. The fraction of sp³-hybridized carbons (Fsp3) is 0.688. The third kappa shape index (κ3) is 5.19. The molecule has 0 saturated heterocycles. The summed E-state index contributed by atoms with van der Waals surface area (Å²) in [5, 5.41) is 3.51. The van der Waals surface area contributed by atoms with Crippen LogP contribution in [0.25, 0.3) is 0 Å². The normalized spacial score (nSPS) is 11.4. The maximum Gasteiger partial charge on any atom is 0.128 e. The Morgan fingerprint density at radius 1 is 1.21 bits per heavy atom. The monoisotopic (exact) mass is 263 g/mol. The smallest absolute Gasteiger partial charge is 0.128 e. The third-order valence-corrected chi connectivity index (χ3v) is 3.23. The predicted octanol–water partition coefficient (Wildman–Crippen LogP) is 3.41. The van der Waals surface area contributed by atoms with Gasteiger partial charge in [0.2, 0.25) is 0 Å². The Morgan fingerprint density at radius 3 is 2.42 bits per heavy atom. The van der Waals surface area contributed by atoms with E-state index in [9.17, 15) is 0 Å². The van der Waals surface area contributed by atoms with Gasteiger partial charge in [0.25, 0.3) is 0 Å². The van der Waals surface area contributed by atoms with E-state index in [-0.39, 0.29) is 0 Å². The van der Waals surface area contributed by atoms with Gasteiger partial charge in [0.15, 0.2) is 0 Å². The number of aromatic nitrogens is 1. The summed E-state index contributed by atoms with van der Waals surface area (Å²) in [6.45, 7) is 14.0. The molecule has 0 spiro atoms. The zero-order valence-corrected chi connectivity index (χ0v) is 13.3. The number of anilines is 1. The van der Waals surface area contributed by atoms with Gasteiger partial charge < -0.3 is 10.2 Å². The van der Waals surface area contributed by atoms with Crippen molar-refractivity contribution in [1.29, 1.82) is 0 Å². The summed E-state index contributed by atoms with van der Waals surface area (Å²) < 4.78 is 0. The van der Waals surface area contributed by atoms with Crippen molar-refractivity contribution in [3.05, 3.63) is 23.4 Å². The predicted molar refractivity (Wildman–Crippen MR) is 83.8 cm³/mol. The molecular formula is C16H29N3. The highest BCUT2D eigenvalue weighted by molar-refractivity contribution is 5.42. The Morgan fingerprint density at radius 2 is 1.89 bits per heavy atom. The van der Waals surface area contributed by atoms with Crippen LogP contribution >= 0.6 is 0 Å². The molecular weight excluding hydrogens is 234 g/mol. The molecule has 0 aromatic carbocycles. The van der Waals surface area contributed by atoms with Crippen molar-refractivity contribution in [3.8, 4) is 0 Å². The summed E-state index contributed by atoms with van der Waals surface area (Å²) in [6, 6.07) is 4.42. The maximum atomic E-state index is 4.75. The second kappa shape index (κ2) is 7.49. The zero-order chi connectivity index (χ0) is 14.4. The molecule has 0 unspecified atom stereocenters. The highest BCUT2D eigenvalue weighted by atomic mass is 15.2. The Bertz CT molecular complexity index is 386. The summed E-state index contributed by atoms with van der Waals surface area (Å²) in [6.07, 6.45) is 0. The van der Waals surface area contributed by atoms with E-state index in [0.29, 0.717) is 11.8 Å². The van der Waals surface area contributed by atoms with Crippen LogP contribution < -0.4 is 10.2 Å². The molecule has 19 heavy (non-hydrogen) atoms. The van der Waals surface area contributed by atoms with E-state index in [1.54, 1.807) is 0 Å². The summed E-state index contributed by atoms with van der Waals surface area (Å²) in [5.74, 6) is 2.23. The average molecular weight is 263 g/mol. The Kier molecular flexibility index (Phi) is 6.29. The van der Waals surface area contributed by atoms with Crippen molar-refractivity contribution < 1.29 is 0 Å². The van der Waals surface area contributed by atoms with Crippen molar-refractivity contribution in [2.45, 2.75) is 47.1 Å². The van der Waals surface area contributed by atoms with E-state index in [4.69, 9.17) is 4.98 Å². The van der Waals surface area contributed by atoms with Crippen LogP contribution in [0.5, 0.6) is 0 Å². The van der Waals surface area contributed by atoms with E-state index >= 15 is 0 Å². The molecule has 0 fully saturated rings. The quantitative estimate of drug-likeness (QED) is 0.817. The van der Waals surface area contributed by atoms with E-state index in [1.165, 1.54) is 11.3 Å². The Hall–Kier alpha value is -1.09. The maximum absolute atomic E-state index is 4.75. The molecule has 0 atom stereocenters. The lowest BCUT2D eigenvalue weighted by Crippen LogP contribution is -2.21. The minimum atomic E-state index is 0.467. The van der Waals surface area contributed by atoms with Crippen molar-refractivity contribution in [1.82, 2.24) is 10.3 Å². The van der Waals surface area contributed by atoms with Crippen molar-refractivity contribution in [2.75, 3.05) is 25.0 Å². The molecule has 108 valence electrons. The van der Waals surface area contributed by atoms with Gasteiger partial charge in [-0.15, -0.1) is 0 Å². The van der Waals surface area contributed by atoms with Crippen LogP contribution in [-0.2, 0) is 6.54 Å². The number of hydrogen-bond acceptors (Lipinski definition) is 3. The van der Waals surface area contributed by atoms with Crippen LogP contribution in [0.1, 0.15) is 51.8 Å². The molecule has 0 bridgehead atoms. The molecule has 0 radical (unpaired) electrons. The van der Waals surface area contributed by atoms with Crippen LogP contribution in [0.3, 0.4) is 0 Å². The minimum absolute atomic E-state index is 0.467. The molecule has 0 amide bonds. The summed E-state index contributed by atoms with van der Waals surface area (Å²) in [7, 11) is 2.10. The second-order valence-electron chi connectivity index (χ2n) is 5.95. The van der Waals surface area contributed by atoms with Gasteiger partial charge in [0.1, 0.15) is 5.82 Å². The standard InChI is InChI=1S/C16H29N3/c1-7-19(6)16-9-14(11-17-10-12(2)3)8-15(18-16)13(4)5/h8-9,12-13,17H,7,10-11H2,1-6H3. The van der Waals surface area contributed by atoms with Gasteiger partial charge in [0.05, 0.1) is 0 Å². The van der Waals surface area contributed by atoms with Crippen molar-refractivity contribution in [3.63, 3.8) is 0 Å². The van der Waals surface area contributed by atoms with Gasteiger partial charge in [-0.05, 0) is 43.0 Å². The van der Waals surface area contributed by atoms with Gasteiger partial charge in [-0.25, -0.2) is 4.98 Å². The van der Waals surface area contributed by atoms with Crippen LogP contribution in [0, 0.1) is 5.92 Å². The highest BCUT2D eigenvalue weighted by Gasteiger charge is 2.08. The fourth-order valence-corrected chi connectivity index (χ4v) is 1.85. The topological polar surface area (TPSA) is 28.2 Å². The lowest BCUT2D eigenvalue weighted by molar-refractivity contribution is 0.552. The largest absolute Gasteiger partial charge is 0.360 e. The first-order chi connectivity index (χ1) is 8.93. The van der Waals surface area contributed by atoms with Crippen molar-refractivity contribution >= 4 is 5.82 Å². The van der Waals surface area contributed by atoms with Crippen molar-refractivity contribution in [2.24, 2.45) is 5.92 Å².